The summed E-state index contributed by atoms with van der Waals surface area (Å²) in [6.07, 6.45) is 0.762. The Morgan fingerprint density at radius 3 is 2.20 bits per heavy atom. The monoisotopic (exact) mass is 359 g/mol. The minimum absolute atomic E-state index is 0.00974. The van der Waals surface area contributed by atoms with Gasteiger partial charge >= 0.3 is 5.97 Å². The van der Waals surface area contributed by atoms with Crippen LogP contribution in [0.25, 0.3) is 0 Å². The van der Waals surface area contributed by atoms with Gasteiger partial charge in [-0.3, -0.25) is 4.79 Å². The SMILES string of the molecule is O=C(O)CCCCNS(=O)(=O)c1c(Cl)cc(Cl)cc1Cl. The lowest BCUT2D eigenvalue weighted by Crippen LogP contribution is -2.25. The summed E-state index contributed by atoms with van der Waals surface area (Å²) in [5.74, 6) is -0.920. The van der Waals surface area contributed by atoms with Crippen molar-refractivity contribution < 1.29 is 18.3 Å². The quantitative estimate of drug-likeness (QED) is 0.732. The third-order valence-corrected chi connectivity index (χ3v) is 4.94. The molecule has 20 heavy (non-hydrogen) atoms. The lowest BCUT2D eigenvalue weighted by atomic mass is 10.2. The van der Waals surface area contributed by atoms with Gasteiger partial charge in [-0.15, -0.1) is 0 Å². The summed E-state index contributed by atoms with van der Waals surface area (Å²) in [5.41, 5.74) is 0. The van der Waals surface area contributed by atoms with Crippen LogP contribution in [0.15, 0.2) is 17.0 Å². The van der Waals surface area contributed by atoms with E-state index in [1.165, 1.54) is 12.1 Å². The smallest absolute Gasteiger partial charge is 0.303 e. The predicted octanol–water partition coefficient (Wildman–Crippen LogP) is 3.18. The van der Waals surface area contributed by atoms with E-state index in [1.54, 1.807) is 0 Å². The molecule has 0 spiro atoms. The van der Waals surface area contributed by atoms with E-state index >= 15 is 0 Å². The Bertz CT molecular complexity index is 581. The molecule has 0 saturated heterocycles. The molecular formula is C11H12Cl3NO4S. The van der Waals surface area contributed by atoms with Crippen LogP contribution < -0.4 is 4.72 Å². The zero-order valence-electron chi connectivity index (χ0n) is 10.2. The fourth-order valence-electron chi connectivity index (χ4n) is 1.47. The first-order valence-electron chi connectivity index (χ1n) is 5.60. The zero-order chi connectivity index (χ0) is 15.3. The molecule has 0 bridgehead atoms. The van der Waals surface area contributed by atoms with Crippen LogP contribution in [0.2, 0.25) is 15.1 Å². The highest BCUT2D eigenvalue weighted by Crippen LogP contribution is 2.32. The maximum Gasteiger partial charge on any atom is 0.303 e. The van der Waals surface area contributed by atoms with Crippen molar-refractivity contribution in [3.05, 3.63) is 27.2 Å². The minimum atomic E-state index is -3.86. The number of halogens is 3. The number of hydrogen-bond acceptors (Lipinski definition) is 3. The van der Waals surface area contributed by atoms with Crippen molar-refractivity contribution in [3.63, 3.8) is 0 Å². The molecule has 1 aromatic rings. The maximum absolute atomic E-state index is 12.0. The Morgan fingerprint density at radius 1 is 1.15 bits per heavy atom. The van der Waals surface area contributed by atoms with Gasteiger partial charge in [0.05, 0.1) is 10.0 Å². The fourth-order valence-corrected chi connectivity index (χ4v) is 4.08. The van der Waals surface area contributed by atoms with Gasteiger partial charge in [-0.1, -0.05) is 34.8 Å². The minimum Gasteiger partial charge on any atom is -0.481 e. The average Bonchev–Trinajstić information content (AvgIpc) is 2.25. The van der Waals surface area contributed by atoms with E-state index < -0.39 is 16.0 Å². The van der Waals surface area contributed by atoms with Crippen molar-refractivity contribution in [2.75, 3.05) is 6.54 Å². The summed E-state index contributed by atoms with van der Waals surface area (Å²) in [6.45, 7) is 0.102. The van der Waals surface area contributed by atoms with Gasteiger partial charge in [-0.05, 0) is 25.0 Å². The number of carboxylic acid groups (broad SMARTS) is 1. The topological polar surface area (TPSA) is 83.5 Å². The van der Waals surface area contributed by atoms with Crippen molar-refractivity contribution in [2.24, 2.45) is 0 Å². The molecule has 0 aromatic heterocycles. The Balaban J connectivity index is 2.73. The Morgan fingerprint density at radius 2 is 1.70 bits per heavy atom. The second kappa shape index (κ2) is 7.47. The van der Waals surface area contributed by atoms with Crippen LogP contribution in [0.3, 0.4) is 0 Å². The lowest BCUT2D eigenvalue weighted by Gasteiger charge is -2.10. The van der Waals surface area contributed by atoms with Gasteiger partial charge in [0.15, 0.2) is 0 Å². The average molecular weight is 361 g/mol. The van der Waals surface area contributed by atoms with Crippen molar-refractivity contribution in [2.45, 2.75) is 24.2 Å². The molecule has 9 heteroatoms. The van der Waals surface area contributed by atoms with Gasteiger partial charge in [0, 0.05) is 18.0 Å². The predicted molar refractivity (Wildman–Crippen MR) is 78.1 cm³/mol. The van der Waals surface area contributed by atoms with E-state index in [0.29, 0.717) is 12.8 Å². The Kier molecular flexibility index (Phi) is 6.54. The Labute approximate surface area is 131 Å². The van der Waals surface area contributed by atoms with E-state index in [9.17, 15) is 13.2 Å². The molecule has 0 aliphatic rings. The maximum atomic E-state index is 12.0. The largest absolute Gasteiger partial charge is 0.481 e. The van der Waals surface area contributed by atoms with Crippen LogP contribution in [0, 0.1) is 0 Å². The van der Waals surface area contributed by atoms with Crippen LogP contribution in [0.4, 0.5) is 0 Å². The molecule has 2 N–H and O–H groups in total. The molecule has 0 saturated carbocycles. The van der Waals surface area contributed by atoms with Crippen LogP contribution in [0.5, 0.6) is 0 Å². The zero-order valence-corrected chi connectivity index (χ0v) is 13.3. The van der Waals surface area contributed by atoms with Gasteiger partial charge < -0.3 is 5.11 Å². The summed E-state index contributed by atoms with van der Waals surface area (Å²) >= 11 is 17.4. The van der Waals surface area contributed by atoms with E-state index in [-0.39, 0.29) is 32.9 Å². The van der Waals surface area contributed by atoms with Crippen molar-refractivity contribution in [1.29, 1.82) is 0 Å². The molecule has 0 aliphatic heterocycles. The molecule has 112 valence electrons. The standard InChI is InChI=1S/C11H12Cl3NO4S/c12-7-5-8(13)11(9(14)6-7)20(18,19)15-4-2-1-3-10(16)17/h5-6,15H,1-4H2,(H,16,17). The highest BCUT2D eigenvalue weighted by Gasteiger charge is 2.21. The van der Waals surface area contributed by atoms with E-state index in [0.717, 1.165) is 0 Å². The number of sulfonamides is 1. The highest BCUT2D eigenvalue weighted by molar-refractivity contribution is 7.89. The Hall–Kier alpha value is -0.530. The van der Waals surface area contributed by atoms with Gasteiger partial charge in [0.1, 0.15) is 4.90 Å². The molecule has 0 aliphatic carbocycles. The number of carboxylic acids is 1. The molecule has 0 atom stereocenters. The van der Waals surface area contributed by atoms with Gasteiger partial charge in [0.25, 0.3) is 0 Å². The van der Waals surface area contributed by atoms with Crippen molar-refractivity contribution in [3.8, 4) is 0 Å². The normalized spacial score (nSPS) is 11.6. The molecule has 5 nitrogen and oxygen atoms in total. The van der Waals surface area contributed by atoms with E-state index in [4.69, 9.17) is 39.9 Å². The number of aliphatic carboxylic acids is 1. The summed E-state index contributed by atoms with van der Waals surface area (Å²) in [5, 5.41) is 8.56. The van der Waals surface area contributed by atoms with E-state index in [1.807, 2.05) is 0 Å². The molecule has 0 unspecified atom stereocenters. The lowest BCUT2D eigenvalue weighted by molar-refractivity contribution is -0.137. The molecule has 0 heterocycles. The van der Waals surface area contributed by atoms with Crippen molar-refractivity contribution in [1.82, 2.24) is 4.72 Å². The van der Waals surface area contributed by atoms with Gasteiger partial charge in [-0.25, -0.2) is 13.1 Å². The van der Waals surface area contributed by atoms with Crippen LogP contribution >= 0.6 is 34.8 Å². The fraction of sp³-hybridized carbons (Fsp3) is 0.364. The summed E-state index contributed by atoms with van der Waals surface area (Å²) in [6, 6.07) is 2.57. The van der Waals surface area contributed by atoms with E-state index in [2.05, 4.69) is 4.72 Å². The number of unbranched alkanes of at least 4 members (excludes halogenated alkanes) is 1. The summed E-state index contributed by atoms with van der Waals surface area (Å²) in [7, 11) is -3.86. The number of benzene rings is 1. The van der Waals surface area contributed by atoms with Gasteiger partial charge in [0.2, 0.25) is 10.0 Å². The first-order valence-corrected chi connectivity index (χ1v) is 8.22. The second-order valence-electron chi connectivity index (χ2n) is 3.95. The first-order chi connectivity index (χ1) is 9.24. The van der Waals surface area contributed by atoms with Crippen molar-refractivity contribution >= 4 is 50.8 Å². The molecule has 1 rings (SSSR count). The molecular weight excluding hydrogens is 349 g/mol. The third-order valence-electron chi connectivity index (χ3n) is 2.34. The molecule has 0 radical (unpaired) electrons. The molecule has 0 amide bonds. The first kappa shape index (κ1) is 17.5. The van der Waals surface area contributed by atoms with Crippen LogP contribution in [0.1, 0.15) is 19.3 Å². The summed E-state index contributed by atoms with van der Waals surface area (Å²) < 4.78 is 26.4. The third kappa shape index (κ3) is 5.10. The van der Waals surface area contributed by atoms with Crippen LogP contribution in [-0.2, 0) is 14.8 Å². The van der Waals surface area contributed by atoms with Gasteiger partial charge in [-0.2, -0.15) is 0 Å². The number of nitrogens with one attached hydrogen (secondary N) is 1. The number of rotatable bonds is 7. The molecule has 0 fully saturated rings. The number of carbonyl (C=O) groups is 1. The number of hydrogen-bond donors (Lipinski definition) is 2. The second-order valence-corrected chi connectivity index (χ2v) is 6.90. The molecule has 1 aromatic carbocycles. The highest BCUT2D eigenvalue weighted by atomic mass is 35.5. The van der Waals surface area contributed by atoms with Crippen LogP contribution in [-0.4, -0.2) is 26.0 Å². The summed E-state index contributed by atoms with van der Waals surface area (Å²) in [4.78, 5) is 10.1.